The van der Waals surface area contributed by atoms with E-state index in [1.54, 1.807) is 6.07 Å². The fraction of sp³-hybridized carbons (Fsp3) is 0.333. The summed E-state index contributed by atoms with van der Waals surface area (Å²) in [5.41, 5.74) is -0.223. The molecule has 15 heavy (non-hydrogen) atoms. The van der Waals surface area contributed by atoms with Crippen molar-refractivity contribution in [3.05, 3.63) is 29.3 Å². The maximum Gasteiger partial charge on any atom is 0.176 e. The Morgan fingerprint density at radius 3 is 2.73 bits per heavy atom. The van der Waals surface area contributed by atoms with Crippen LogP contribution in [0.2, 0.25) is 0 Å². The van der Waals surface area contributed by atoms with Crippen molar-refractivity contribution in [1.29, 1.82) is 5.26 Å². The molecule has 0 aromatic carbocycles. The van der Waals surface area contributed by atoms with Gasteiger partial charge < -0.3 is 10.2 Å². The lowest BCUT2D eigenvalue weighted by atomic mass is 10.1. The number of thiol groups is 1. The van der Waals surface area contributed by atoms with Crippen LogP contribution >= 0.6 is 12.6 Å². The molecule has 2 N–H and O–H groups in total. The Labute approximate surface area is 91.4 Å². The minimum atomic E-state index is -1.25. The molecule has 0 saturated heterocycles. The van der Waals surface area contributed by atoms with Gasteiger partial charge in [-0.25, -0.2) is 9.37 Å². The van der Waals surface area contributed by atoms with Gasteiger partial charge in [-0.2, -0.15) is 17.9 Å². The number of hydrogen-bond acceptors (Lipinski definition) is 5. The van der Waals surface area contributed by atoms with Crippen molar-refractivity contribution in [3.63, 3.8) is 0 Å². The number of pyridine rings is 1. The molecule has 2 unspecified atom stereocenters. The first kappa shape index (κ1) is 11.9. The molecule has 80 valence electrons. The largest absolute Gasteiger partial charge is 0.389 e. The summed E-state index contributed by atoms with van der Waals surface area (Å²) >= 11 is 3.79. The lowest BCUT2D eigenvalue weighted by molar-refractivity contribution is 0.0333. The van der Waals surface area contributed by atoms with Crippen LogP contribution in [-0.2, 0) is 0 Å². The van der Waals surface area contributed by atoms with Crippen LogP contribution in [0.15, 0.2) is 12.3 Å². The molecule has 0 saturated carbocycles. The number of rotatable bonds is 3. The van der Waals surface area contributed by atoms with Gasteiger partial charge in [0.1, 0.15) is 12.2 Å². The first-order valence-corrected chi connectivity index (χ1v) is 4.76. The van der Waals surface area contributed by atoms with Gasteiger partial charge in [-0.1, -0.05) is 0 Å². The van der Waals surface area contributed by atoms with Crippen molar-refractivity contribution in [1.82, 2.24) is 4.98 Å². The molecule has 0 fully saturated rings. The Balaban J connectivity index is 2.98. The highest BCUT2D eigenvalue weighted by molar-refractivity contribution is 7.80. The lowest BCUT2D eigenvalue weighted by Gasteiger charge is -2.15. The highest BCUT2D eigenvalue weighted by Crippen LogP contribution is 2.18. The molecule has 1 aromatic heterocycles. The second kappa shape index (κ2) is 5.07. The van der Waals surface area contributed by atoms with E-state index in [0.29, 0.717) is 0 Å². The van der Waals surface area contributed by atoms with Crippen molar-refractivity contribution in [3.8, 4) is 6.07 Å². The molecule has 0 aliphatic carbocycles. The second-order valence-electron chi connectivity index (χ2n) is 2.91. The van der Waals surface area contributed by atoms with Crippen LogP contribution in [-0.4, -0.2) is 27.1 Å². The summed E-state index contributed by atoms with van der Waals surface area (Å²) in [6, 6.07) is 2.53. The van der Waals surface area contributed by atoms with Crippen molar-refractivity contribution in [2.45, 2.75) is 12.2 Å². The summed E-state index contributed by atoms with van der Waals surface area (Å²) < 4.78 is 13.1. The first-order valence-electron chi connectivity index (χ1n) is 4.12. The van der Waals surface area contributed by atoms with Gasteiger partial charge in [0, 0.05) is 17.5 Å². The molecular formula is C9H9FN2O2S. The van der Waals surface area contributed by atoms with E-state index >= 15 is 0 Å². The SMILES string of the molecule is N#Cc1ncc(C(O)C(O)CS)cc1F. The molecule has 4 nitrogen and oxygen atoms in total. The van der Waals surface area contributed by atoms with Crippen LogP contribution in [0, 0.1) is 17.1 Å². The van der Waals surface area contributed by atoms with E-state index in [2.05, 4.69) is 17.6 Å². The quantitative estimate of drug-likeness (QED) is 0.655. The molecule has 0 amide bonds. The zero-order chi connectivity index (χ0) is 11.4. The summed E-state index contributed by atoms with van der Waals surface area (Å²) in [7, 11) is 0. The number of nitriles is 1. The molecule has 1 aromatic rings. The third-order valence-corrected chi connectivity index (χ3v) is 2.24. The molecular weight excluding hydrogens is 219 g/mol. The lowest BCUT2D eigenvalue weighted by Crippen LogP contribution is -2.20. The van der Waals surface area contributed by atoms with Crippen LogP contribution in [0.4, 0.5) is 4.39 Å². The minimum absolute atomic E-state index is 0.0444. The van der Waals surface area contributed by atoms with E-state index in [1.165, 1.54) is 0 Å². The fourth-order valence-electron chi connectivity index (χ4n) is 1.02. The normalized spacial score (nSPS) is 14.3. The van der Waals surface area contributed by atoms with Gasteiger partial charge in [-0.3, -0.25) is 0 Å². The van der Waals surface area contributed by atoms with Crippen molar-refractivity contribution in [2.24, 2.45) is 0 Å². The Bertz CT molecular complexity index is 394. The molecule has 0 radical (unpaired) electrons. The summed E-state index contributed by atoms with van der Waals surface area (Å²) in [6.07, 6.45) is -1.20. The Kier molecular flexibility index (Phi) is 4.03. The molecule has 1 heterocycles. The van der Waals surface area contributed by atoms with Crippen molar-refractivity contribution >= 4 is 12.6 Å². The van der Waals surface area contributed by atoms with Crippen LogP contribution < -0.4 is 0 Å². The summed E-state index contributed by atoms with van der Waals surface area (Å²) in [4.78, 5) is 3.50. The summed E-state index contributed by atoms with van der Waals surface area (Å²) in [5.74, 6) is -0.775. The van der Waals surface area contributed by atoms with E-state index < -0.39 is 18.0 Å². The van der Waals surface area contributed by atoms with Crippen LogP contribution in [0.5, 0.6) is 0 Å². The van der Waals surface area contributed by atoms with Crippen molar-refractivity contribution < 1.29 is 14.6 Å². The number of halogens is 1. The summed E-state index contributed by atoms with van der Waals surface area (Å²) in [5, 5.41) is 27.2. The molecule has 1 rings (SSSR count). The van der Waals surface area contributed by atoms with Gasteiger partial charge in [0.15, 0.2) is 11.5 Å². The number of aliphatic hydroxyl groups is 2. The molecule has 0 aliphatic rings. The summed E-state index contributed by atoms with van der Waals surface area (Å²) in [6.45, 7) is 0. The Morgan fingerprint density at radius 1 is 1.60 bits per heavy atom. The molecule has 6 heteroatoms. The fourth-order valence-corrected chi connectivity index (χ4v) is 1.22. The smallest absolute Gasteiger partial charge is 0.176 e. The number of aromatic nitrogens is 1. The van der Waals surface area contributed by atoms with Crippen LogP contribution in [0.3, 0.4) is 0 Å². The Morgan fingerprint density at radius 2 is 2.27 bits per heavy atom. The molecule has 0 aliphatic heterocycles. The van der Waals surface area contributed by atoms with Gasteiger partial charge in [-0.05, 0) is 6.07 Å². The minimum Gasteiger partial charge on any atom is -0.389 e. The van der Waals surface area contributed by atoms with Crippen LogP contribution in [0.1, 0.15) is 17.4 Å². The molecule has 2 atom stereocenters. The van der Waals surface area contributed by atoms with E-state index in [4.69, 9.17) is 5.26 Å². The average molecular weight is 228 g/mol. The zero-order valence-electron chi connectivity index (χ0n) is 7.63. The third kappa shape index (κ3) is 2.65. The predicted molar refractivity (Wildman–Crippen MR) is 53.7 cm³/mol. The standard InChI is InChI=1S/C9H9FN2O2S/c10-6-1-5(3-12-7(6)2-11)9(14)8(13)4-15/h1,3,8-9,13-15H,4H2. The number of aliphatic hydroxyl groups excluding tert-OH is 2. The second-order valence-corrected chi connectivity index (χ2v) is 3.27. The zero-order valence-corrected chi connectivity index (χ0v) is 8.52. The van der Waals surface area contributed by atoms with E-state index in [0.717, 1.165) is 12.3 Å². The van der Waals surface area contributed by atoms with E-state index in [1.807, 2.05) is 0 Å². The van der Waals surface area contributed by atoms with Gasteiger partial charge in [-0.15, -0.1) is 0 Å². The van der Waals surface area contributed by atoms with E-state index in [-0.39, 0.29) is 17.0 Å². The van der Waals surface area contributed by atoms with Gasteiger partial charge in [0.2, 0.25) is 0 Å². The van der Waals surface area contributed by atoms with Gasteiger partial charge in [0.25, 0.3) is 0 Å². The van der Waals surface area contributed by atoms with Crippen LogP contribution in [0.25, 0.3) is 0 Å². The van der Waals surface area contributed by atoms with Gasteiger partial charge in [0.05, 0.1) is 6.10 Å². The topological polar surface area (TPSA) is 77.1 Å². The highest BCUT2D eigenvalue weighted by atomic mass is 32.1. The maximum atomic E-state index is 13.1. The van der Waals surface area contributed by atoms with Crippen molar-refractivity contribution in [2.75, 3.05) is 5.75 Å². The maximum absolute atomic E-state index is 13.1. The number of nitrogens with zero attached hydrogens (tertiary/aromatic N) is 2. The predicted octanol–water partition coefficient (Wildman–Crippen LogP) is 0.416. The van der Waals surface area contributed by atoms with Gasteiger partial charge >= 0.3 is 0 Å². The molecule has 0 bridgehead atoms. The third-order valence-electron chi connectivity index (χ3n) is 1.86. The molecule has 0 spiro atoms. The monoisotopic (exact) mass is 228 g/mol. The number of hydrogen-bond donors (Lipinski definition) is 3. The average Bonchev–Trinajstić information content (AvgIpc) is 2.26. The highest BCUT2D eigenvalue weighted by Gasteiger charge is 2.18. The Hall–Kier alpha value is -1.16. The van der Waals surface area contributed by atoms with E-state index in [9.17, 15) is 14.6 Å². The first-order chi connectivity index (χ1) is 7.10.